The smallest absolute Gasteiger partial charge is 0.247 e. The van der Waals surface area contributed by atoms with Gasteiger partial charge < -0.3 is 35.2 Å². The minimum absolute atomic E-state index is 0.0131. The van der Waals surface area contributed by atoms with E-state index in [1.54, 1.807) is 12.3 Å². The second-order valence-electron chi connectivity index (χ2n) is 10.5. The number of halogens is 2. The fourth-order valence-electron chi connectivity index (χ4n) is 5.20. The average Bonchev–Trinajstić information content (AvgIpc) is 3.08. The molecular formula is C33H33ClFN7O3. The molecule has 0 saturated carbocycles. The summed E-state index contributed by atoms with van der Waals surface area (Å²) in [5.74, 6) is -0.769. The molecule has 0 aliphatic carbocycles. The van der Waals surface area contributed by atoms with Gasteiger partial charge in [-0.3, -0.25) is 4.79 Å². The summed E-state index contributed by atoms with van der Waals surface area (Å²) < 4.78 is 25.6. The van der Waals surface area contributed by atoms with Gasteiger partial charge in [-0.05, 0) is 66.7 Å². The Labute approximate surface area is 265 Å². The van der Waals surface area contributed by atoms with Crippen LogP contribution in [0, 0.1) is 5.82 Å². The van der Waals surface area contributed by atoms with Gasteiger partial charge in [0.05, 0.1) is 60.4 Å². The van der Waals surface area contributed by atoms with Crippen molar-refractivity contribution < 1.29 is 18.7 Å². The summed E-state index contributed by atoms with van der Waals surface area (Å²) in [6.07, 6.45) is 2.76. The number of amides is 1. The lowest BCUT2D eigenvalue weighted by Gasteiger charge is -2.30. The molecule has 0 radical (unpaired) electrons. The molecule has 4 aromatic rings. The Bertz CT molecular complexity index is 1680. The molecule has 2 fully saturated rings. The maximum absolute atomic E-state index is 14.7. The van der Waals surface area contributed by atoms with Crippen molar-refractivity contribution in [2.75, 3.05) is 78.4 Å². The third kappa shape index (κ3) is 7.34. The molecule has 232 valence electrons. The van der Waals surface area contributed by atoms with Crippen LogP contribution in [0.4, 0.5) is 44.5 Å². The zero-order valence-corrected chi connectivity index (χ0v) is 25.3. The van der Waals surface area contributed by atoms with Crippen molar-refractivity contribution in [3.05, 3.63) is 90.4 Å². The van der Waals surface area contributed by atoms with Gasteiger partial charge >= 0.3 is 0 Å². The van der Waals surface area contributed by atoms with Gasteiger partial charge in [0.1, 0.15) is 5.82 Å². The van der Waals surface area contributed by atoms with Crippen LogP contribution in [0.15, 0.2) is 79.5 Å². The fourth-order valence-corrected chi connectivity index (χ4v) is 5.44. The van der Waals surface area contributed by atoms with E-state index < -0.39 is 11.7 Å². The molecule has 1 aromatic heterocycles. The predicted octanol–water partition coefficient (Wildman–Crippen LogP) is 6.22. The highest BCUT2D eigenvalue weighted by atomic mass is 35.5. The monoisotopic (exact) mass is 629 g/mol. The fraction of sp³-hybridized carbons (Fsp3) is 0.242. The standard InChI is InChI=1S/C33H33ClFN7O3/c1-2-31(43)39-28-19-22(3-10-27(28)35)32-29(37-23-4-7-25(8-5-23)41-11-15-44-16-12-41)21-36-33(40-32)38-24-6-9-26(34)30(20-24)42-13-17-45-18-14-42/h2-10,19-21,37H,1,11-18H2,(H,39,43)(H,36,38,40). The summed E-state index contributed by atoms with van der Waals surface area (Å²) in [6, 6.07) is 18.2. The van der Waals surface area contributed by atoms with Gasteiger partial charge in [-0.1, -0.05) is 18.2 Å². The molecule has 0 spiro atoms. The number of nitrogens with zero attached hydrogens (tertiary/aromatic N) is 4. The molecule has 2 saturated heterocycles. The number of morpholine rings is 2. The lowest BCUT2D eigenvalue weighted by molar-refractivity contribution is -0.111. The predicted molar refractivity (Wildman–Crippen MR) is 177 cm³/mol. The van der Waals surface area contributed by atoms with Crippen LogP contribution in [0.5, 0.6) is 0 Å². The van der Waals surface area contributed by atoms with Crippen LogP contribution in [-0.4, -0.2) is 68.5 Å². The van der Waals surface area contributed by atoms with E-state index in [9.17, 15) is 9.18 Å². The number of carbonyl (C=O) groups is 1. The maximum atomic E-state index is 14.7. The molecule has 2 aliphatic heterocycles. The molecule has 10 nitrogen and oxygen atoms in total. The number of benzene rings is 3. The lowest BCUT2D eigenvalue weighted by Crippen LogP contribution is -2.36. The van der Waals surface area contributed by atoms with Crippen LogP contribution in [0.2, 0.25) is 5.02 Å². The molecular weight excluding hydrogens is 597 g/mol. The second-order valence-corrected chi connectivity index (χ2v) is 10.9. The molecule has 12 heteroatoms. The van der Waals surface area contributed by atoms with Crippen molar-refractivity contribution >= 4 is 57.6 Å². The zero-order valence-electron chi connectivity index (χ0n) is 24.6. The lowest BCUT2D eigenvalue weighted by atomic mass is 10.1. The number of anilines is 7. The number of hydrogen-bond donors (Lipinski definition) is 3. The Morgan fingerprint density at radius 2 is 1.56 bits per heavy atom. The highest BCUT2D eigenvalue weighted by molar-refractivity contribution is 6.33. The van der Waals surface area contributed by atoms with E-state index in [0.717, 1.165) is 55.0 Å². The molecule has 45 heavy (non-hydrogen) atoms. The van der Waals surface area contributed by atoms with E-state index in [1.807, 2.05) is 30.3 Å². The van der Waals surface area contributed by atoms with Gasteiger partial charge in [-0.25, -0.2) is 14.4 Å². The Morgan fingerprint density at radius 1 is 0.867 bits per heavy atom. The summed E-state index contributed by atoms with van der Waals surface area (Å²) in [4.78, 5) is 25.9. The molecule has 1 amide bonds. The normalized spacial score (nSPS) is 15.0. The Balaban J connectivity index is 1.32. The Hall–Kier alpha value is -4.71. The summed E-state index contributed by atoms with van der Waals surface area (Å²) in [5, 5.41) is 9.86. The molecule has 0 bridgehead atoms. The first-order valence-electron chi connectivity index (χ1n) is 14.7. The van der Waals surface area contributed by atoms with Crippen molar-refractivity contribution in [3.63, 3.8) is 0 Å². The Morgan fingerprint density at radius 3 is 2.27 bits per heavy atom. The third-order valence-corrected chi connectivity index (χ3v) is 7.87. The van der Waals surface area contributed by atoms with Crippen LogP contribution in [0.25, 0.3) is 11.3 Å². The van der Waals surface area contributed by atoms with Crippen molar-refractivity contribution in [3.8, 4) is 11.3 Å². The molecule has 3 N–H and O–H groups in total. The first-order chi connectivity index (χ1) is 22.0. The molecule has 3 heterocycles. The van der Waals surface area contributed by atoms with Crippen molar-refractivity contribution in [1.82, 2.24) is 9.97 Å². The maximum Gasteiger partial charge on any atom is 0.247 e. The summed E-state index contributed by atoms with van der Waals surface area (Å²) in [6.45, 7) is 9.32. The van der Waals surface area contributed by atoms with E-state index in [-0.39, 0.29) is 5.69 Å². The Kier molecular flexibility index (Phi) is 9.39. The van der Waals surface area contributed by atoms with E-state index in [1.165, 1.54) is 12.1 Å². The van der Waals surface area contributed by atoms with Crippen LogP contribution in [0.1, 0.15) is 0 Å². The van der Waals surface area contributed by atoms with Gasteiger partial charge in [0.2, 0.25) is 11.9 Å². The minimum Gasteiger partial charge on any atom is -0.378 e. The van der Waals surface area contributed by atoms with Crippen molar-refractivity contribution in [1.29, 1.82) is 0 Å². The molecule has 0 atom stereocenters. The SMILES string of the molecule is C=CC(=O)Nc1cc(-c2nc(Nc3ccc(Cl)c(N4CCOCC4)c3)ncc2Nc2ccc(N3CCOCC3)cc2)ccc1F. The van der Waals surface area contributed by atoms with E-state index >= 15 is 0 Å². The number of aromatic nitrogens is 2. The average molecular weight is 630 g/mol. The number of nitrogens with one attached hydrogen (secondary N) is 3. The first-order valence-corrected chi connectivity index (χ1v) is 15.0. The second kappa shape index (κ2) is 13.9. The molecule has 6 rings (SSSR count). The zero-order chi connectivity index (χ0) is 31.2. The van der Waals surface area contributed by atoms with E-state index in [0.29, 0.717) is 54.3 Å². The third-order valence-electron chi connectivity index (χ3n) is 7.55. The highest BCUT2D eigenvalue weighted by Crippen LogP contribution is 2.34. The summed E-state index contributed by atoms with van der Waals surface area (Å²) in [7, 11) is 0. The van der Waals surface area contributed by atoms with Crippen LogP contribution in [0.3, 0.4) is 0 Å². The molecule has 2 aliphatic rings. The summed E-state index contributed by atoms with van der Waals surface area (Å²) in [5.41, 5.74) is 5.26. The van der Waals surface area contributed by atoms with Crippen LogP contribution >= 0.6 is 11.6 Å². The van der Waals surface area contributed by atoms with Crippen LogP contribution < -0.4 is 25.8 Å². The van der Waals surface area contributed by atoms with E-state index in [4.69, 9.17) is 26.1 Å². The number of carbonyl (C=O) groups excluding carboxylic acids is 1. The topological polar surface area (TPSA) is 104 Å². The number of rotatable bonds is 9. The van der Waals surface area contributed by atoms with Crippen LogP contribution in [-0.2, 0) is 14.3 Å². The largest absolute Gasteiger partial charge is 0.378 e. The van der Waals surface area contributed by atoms with Gasteiger partial charge in [-0.15, -0.1) is 0 Å². The quantitative estimate of drug-likeness (QED) is 0.186. The van der Waals surface area contributed by atoms with Gasteiger partial charge in [0.15, 0.2) is 0 Å². The number of ether oxygens (including phenoxy) is 2. The van der Waals surface area contributed by atoms with Gasteiger partial charge in [0.25, 0.3) is 0 Å². The molecule has 3 aromatic carbocycles. The van der Waals surface area contributed by atoms with Crippen molar-refractivity contribution in [2.45, 2.75) is 0 Å². The minimum atomic E-state index is -0.577. The highest BCUT2D eigenvalue weighted by Gasteiger charge is 2.18. The van der Waals surface area contributed by atoms with Gasteiger partial charge in [-0.2, -0.15) is 0 Å². The number of hydrogen-bond acceptors (Lipinski definition) is 9. The van der Waals surface area contributed by atoms with E-state index in [2.05, 4.69) is 49.4 Å². The van der Waals surface area contributed by atoms with Gasteiger partial charge in [0, 0.05) is 48.8 Å². The summed E-state index contributed by atoms with van der Waals surface area (Å²) >= 11 is 6.54. The molecule has 0 unspecified atom stereocenters. The van der Waals surface area contributed by atoms with Crippen molar-refractivity contribution in [2.24, 2.45) is 0 Å². The first kappa shape index (κ1) is 30.3.